The van der Waals surface area contributed by atoms with Gasteiger partial charge in [0.1, 0.15) is 11.5 Å². The summed E-state index contributed by atoms with van der Waals surface area (Å²) in [4.78, 5) is 22.2. The number of carbonyl (C=O) groups excluding carboxylic acids is 1. The first-order valence-corrected chi connectivity index (χ1v) is 10.5. The molecule has 3 rings (SSSR count). The predicted molar refractivity (Wildman–Crippen MR) is 112 cm³/mol. The highest BCUT2D eigenvalue weighted by Gasteiger charge is 2.19. The first-order chi connectivity index (χ1) is 13.0. The summed E-state index contributed by atoms with van der Waals surface area (Å²) in [5.41, 5.74) is 2.69. The van der Waals surface area contributed by atoms with E-state index in [-0.39, 0.29) is 11.8 Å². The second-order valence-electron chi connectivity index (χ2n) is 6.98. The third-order valence-corrected chi connectivity index (χ3v) is 6.07. The fourth-order valence-corrected chi connectivity index (χ4v) is 4.27. The van der Waals surface area contributed by atoms with E-state index < -0.39 is 0 Å². The number of amides is 1. The van der Waals surface area contributed by atoms with Crippen molar-refractivity contribution in [2.75, 3.05) is 6.54 Å². The number of hydrogen-bond donors (Lipinski definition) is 1. The van der Waals surface area contributed by atoms with Gasteiger partial charge in [-0.2, -0.15) is 0 Å². The van der Waals surface area contributed by atoms with E-state index in [0.717, 1.165) is 41.9 Å². The molecule has 1 N–H and O–H groups in total. The van der Waals surface area contributed by atoms with E-state index in [4.69, 9.17) is 16.6 Å². The van der Waals surface area contributed by atoms with Crippen LogP contribution in [0.2, 0.25) is 4.47 Å². The zero-order valence-corrected chi connectivity index (χ0v) is 17.5. The van der Waals surface area contributed by atoms with Crippen LogP contribution in [0.3, 0.4) is 0 Å². The molecule has 2 aromatic heterocycles. The second-order valence-corrected chi connectivity index (χ2v) is 8.59. The summed E-state index contributed by atoms with van der Waals surface area (Å²) < 4.78 is 2.59. The molecule has 0 spiro atoms. The van der Waals surface area contributed by atoms with E-state index in [1.54, 1.807) is 0 Å². The minimum absolute atomic E-state index is 0.128. The maximum atomic E-state index is 12.3. The molecular formula is C20H25ClN4OS. The molecular weight excluding hydrogens is 380 g/mol. The van der Waals surface area contributed by atoms with Crippen molar-refractivity contribution in [3.05, 3.63) is 45.1 Å². The van der Waals surface area contributed by atoms with Crippen LogP contribution in [0.4, 0.5) is 0 Å². The molecule has 0 saturated heterocycles. The van der Waals surface area contributed by atoms with Crippen LogP contribution >= 0.6 is 22.9 Å². The molecule has 0 radical (unpaired) electrons. The zero-order valence-electron chi connectivity index (χ0n) is 16.0. The van der Waals surface area contributed by atoms with E-state index >= 15 is 0 Å². The molecule has 0 aliphatic heterocycles. The molecule has 0 unspecified atom stereocenters. The molecule has 7 heteroatoms. The first kappa shape index (κ1) is 19.8. The lowest BCUT2D eigenvalue weighted by Gasteiger charge is -2.07. The number of carbonyl (C=O) groups is 1. The van der Waals surface area contributed by atoms with Crippen LogP contribution in [0.1, 0.15) is 60.2 Å². The number of aromatic nitrogens is 3. The number of halogens is 1. The molecule has 2 heterocycles. The highest BCUT2D eigenvalue weighted by molar-refractivity contribution is 7.16. The minimum atomic E-state index is -0.128. The Kier molecular flexibility index (Phi) is 6.50. The summed E-state index contributed by atoms with van der Waals surface area (Å²) in [6.07, 6.45) is 3.97. The van der Waals surface area contributed by atoms with Gasteiger partial charge in [-0.1, -0.05) is 44.0 Å². The van der Waals surface area contributed by atoms with Crippen molar-refractivity contribution in [3.63, 3.8) is 0 Å². The quantitative estimate of drug-likeness (QED) is 0.540. The molecule has 5 nitrogen and oxygen atoms in total. The Morgan fingerprint density at radius 1 is 1.22 bits per heavy atom. The number of nitrogens with one attached hydrogen (secondary N) is 1. The summed E-state index contributed by atoms with van der Waals surface area (Å²) in [6.45, 7) is 4.73. The monoisotopic (exact) mass is 404 g/mol. The van der Waals surface area contributed by atoms with Crippen LogP contribution in [0.25, 0.3) is 11.0 Å². The number of thiazole rings is 1. The molecule has 0 fully saturated rings. The van der Waals surface area contributed by atoms with Crippen LogP contribution in [-0.2, 0) is 13.5 Å². The highest BCUT2D eigenvalue weighted by Crippen LogP contribution is 2.29. The molecule has 1 amide bonds. The minimum Gasteiger partial charge on any atom is -0.351 e. The van der Waals surface area contributed by atoms with Crippen molar-refractivity contribution in [3.8, 4) is 0 Å². The Morgan fingerprint density at radius 2 is 2.00 bits per heavy atom. The summed E-state index contributed by atoms with van der Waals surface area (Å²) >= 11 is 7.36. The average Bonchev–Trinajstić information content (AvgIpc) is 3.19. The number of nitrogens with zero attached hydrogens (tertiary/aromatic N) is 3. The van der Waals surface area contributed by atoms with Gasteiger partial charge in [0.25, 0.3) is 5.91 Å². The molecule has 1 aromatic carbocycles. The number of hydrogen-bond acceptors (Lipinski definition) is 4. The van der Waals surface area contributed by atoms with Crippen LogP contribution in [0, 0.1) is 0 Å². The molecule has 3 aromatic rings. The lowest BCUT2D eigenvalue weighted by molar-refractivity contribution is 0.0947. The van der Waals surface area contributed by atoms with Crippen molar-refractivity contribution in [1.29, 1.82) is 0 Å². The fraction of sp³-hybridized carbons (Fsp3) is 0.450. The number of imidazole rings is 1. The molecule has 0 aliphatic rings. The summed E-state index contributed by atoms with van der Waals surface area (Å²) in [5.74, 6) is 1.22. The summed E-state index contributed by atoms with van der Waals surface area (Å²) in [6, 6.07) is 8.20. The van der Waals surface area contributed by atoms with E-state index in [0.29, 0.717) is 16.7 Å². The van der Waals surface area contributed by atoms with Gasteiger partial charge in [-0.05, 0) is 30.9 Å². The Labute approximate surface area is 168 Å². The van der Waals surface area contributed by atoms with Gasteiger partial charge in [-0.25, -0.2) is 9.97 Å². The lowest BCUT2D eigenvalue weighted by Crippen LogP contribution is -2.25. The van der Waals surface area contributed by atoms with E-state index in [1.165, 1.54) is 16.9 Å². The molecule has 0 saturated carbocycles. The summed E-state index contributed by atoms with van der Waals surface area (Å²) in [5, 5.41) is 2.96. The van der Waals surface area contributed by atoms with Crippen molar-refractivity contribution in [2.24, 2.45) is 7.05 Å². The maximum Gasteiger partial charge on any atom is 0.271 e. The third-order valence-electron chi connectivity index (χ3n) is 4.61. The van der Waals surface area contributed by atoms with Gasteiger partial charge in [-0.3, -0.25) is 4.79 Å². The number of rotatable bonds is 8. The molecule has 0 aliphatic carbocycles. The van der Waals surface area contributed by atoms with Gasteiger partial charge in [0.2, 0.25) is 0 Å². The first-order valence-electron chi connectivity index (χ1n) is 9.32. The number of aryl methyl sites for hydroxylation is 2. The Balaban J connectivity index is 1.43. The normalized spacial score (nSPS) is 11.4. The van der Waals surface area contributed by atoms with Crippen LogP contribution < -0.4 is 5.32 Å². The van der Waals surface area contributed by atoms with Crippen LogP contribution in [-0.4, -0.2) is 27.0 Å². The zero-order chi connectivity index (χ0) is 19.4. The van der Waals surface area contributed by atoms with E-state index in [1.807, 2.05) is 32.0 Å². The Bertz CT molecular complexity index is 931. The van der Waals surface area contributed by atoms with Crippen molar-refractivity contribution in [1.82, 2.24) is 19.9 Å². The lowest BCUT2D eigenvalue weighted by atomic mass is 10.1. The van der Waals surface area contributed by atoms with E-state index in [2.05, 4.69) is 28.0 Å². The van der Waals surface area contributed by atoms with Crippen molar-refractivity contribution < 1.29 is 4.79 Å². The van der Waals surface area contributed by atoms with Gasteiger partial charge in [-0.15, -0.1) is 11.3 Å². The van der Waals surface area contributed by atoms with Gasteiger partial charge in [0.15, 0.2) is 4.47 Å². The number of benzene rings is 1. The predicted octanol–water partition coefficient (Wildman–Crippen LogP) is 4.95. The second kappa shape index (κ2) is 8.85. The summed E-state index contributed by atoms with van der Waals surface area (Å²) in [7, 11) is 2.07. The number of unbranched alkanes of at least 4 members (excludes halogenated alkanes) is 2. The van der Waals surface area contributed by atoms with Crippen LogP contribution in [0.5, 0.6) is 0 Å². The average molecular weight is 405 g/mol. The van der Waals surface area contributed by atoms with Crippen molar-refractivity contribution >= 4 is 39.9 Å². The standard InChI is InChI=1S/C20H25ClN4OS/c1-13(2)18-17(24-20(21)27-18)19(26)22-12-8-4-5-11-16-23-14-9-6-7-10-15(14)25(16)3/h6-7,9-10,13H,4-5,8,11-12H2,1-3H3,(H,22,26). The molecule has 144 valence electrons. The maximum absolute atomic E-state index is 12.3. The van der Waals surface area contributed by atoms with Gasteiger partial charge in [0.05, 0.1) is 11.0 Å². The third kappa shape index (κ3) is 4.68. The van der Waals surface area contributed by atoms with Gasteiger partial charge >= 0.3 is 0 Å². The number of para-hydroxylation sites is 2. The Hall–Kier alpha value is -1.92. The van der Waals surface area contributed by atoms with Gasteiger partial charge in [0, 0.05) is 24.9 Å². The molecule has 0 atom stereocenters. The topological polar surface area (TPSA) is 59.8 Å². The Morgan fingerprint density at radius 3 is 2.74 bits per heavy atom. The largest absolute Gasteiger partial charge is 0.351 e. The van der Waals surface area contributed by atoms with Crippen LogP contribution in [0.15, 0.2) is 24.3 Å². The molecule has 27 heavy (non-hydrogen) atoms. The molecule has 0 bridgehead atoms. The fourth-order valence-electron chi connectivity index (χ4n) is 3.15. The SMILES string of the molecule is CC(C)c1sc(Cl)nc1C(=O)NCCCCCc1nc2ccccc2n1C. The van der Waals surface area contributed by atoms with Gasteiger partial charge < -0.3 is 9.88 Å². The smallest absolute Gasteiger partial charge is 0.271 e. The van der Waals surface area contributed by atoms with E-state index in [9.17, 15) is 4.79 Å². The highest BCUT2D eigenvalue weighted by atomic mass is 35.5. The number of fused-ring (bicyclic) bond motifs is 1. The van der Waals surface area contributed by atoms with Crippen molar-refractivity contribution in [2.45, 2.75) is 45.4 Å².